The molecule has 1 heterocycles. The lowest BCUT2D eigenvalue weighted by Gasteiger charge is -2.15. The van der Waals surface area contributed by atoms with E-state index in [1.807, 2.05) is 0 Å². The Hall–Kier alpha value is -1.75. The molecule has 0 spiro atoms. The van der Waals surface area contributed by atoms with Crippen molar-refractivity contribution >= 4 is 19.4 Å². The van der Waals surface area contributed by atoms with Crippen molar-refractivity contribution in [2.45, 2.75) is 13.8 Å². The van der Waals surface area contributed by atoms with Gasteiger partial charge in [-0.2, -0.15) is 0 Å². The van der Waals surface area contributed by atoms with Crippen LogP contribution in [-0.4, -0.2) is 42.6 Å². The zero-order valence-corrected chi connectivity index (χ0v) is 14.1. The van der Waals surface area contributed by atoms with Crippen molar-refractivity contribution in [3.05, 3.63) is 47.5 Å². The monoisotopic (exact) mass is 337 g/mol. The molecule has 6 nitrogen and oxygen atoms in total. The molecule has 2 amide bonds. The second kappa shape index (κ2) is 7.68. The molecule has 0 N–H and O–H groups in total. The zero-order valence-electron chi connectivity index (χ0n) is 13.2. The van der Waals surface area contributed by atoms with E-state index in [0.29, 0.717) is 24.3 Å². The standard InChI is InChI=1S/C16H20NO5P/c1-3-21-23(20,22-4-2)12-8-7-11-17-15(18)13-9-5-6-10-14(13)16(17)19/h5-10H,3-4,11-12H2,1-2H3/b8-7+. The number of benzene rings is 1. The molecular weight excluding hydrogens is 317 g/mol. The lowest BCUT2D eigenvalue weighted by Crippen LogP contribution is -2.29. The highest BCUT2D eigenvalue weighted by Gasteiger charge is 2.34. The molecule has 2 rings (SSSR count). The van der Waals surface area contributed by atoms with Crippen molar-refractivity contribution in [1.82, 2.24) is 4.90 Å². The van der Waals surface area contributed by atoms with Gasteiger partial charge < -0.3 is 9.05 Å². The van der Waals surface area contributed by atoms with E-state index >= 15 is 0 Å². The SMILES string of the molecule is CCOP(=O)(C/C=C/CN1C(=O)c2ccccc2C1=O)OCC. The maximum absolute atomic E-state index is 12.3. The average Bonchev–Trinajstić information content (AvgIpc) is 2.77. The Balaban J connectivity index is 1.98. The van der Waals surface area contributed by atoms with Crippen LogP contribution in [0.2, 0.25) is 0 Å². The van der Waals surface area contributed by atoms with Crippen LogP contribution in [0.3, 0.4) is 0 Å². The number of hydrogen-bond donors (Lipinski definition) is 0. The summed E-state index contributed by atoms with van der Waals surface area (Å²) >= 11 is 0. The van der Waals surface area contributed by atoms with E-state index in [-0.39, 0.29) is 24.5 Å². The van der Waals surface area contributed by atoms with Gasteiger partial charge in [0.1, 0.15) is 0 Å². The third-order valence-electron chi connectivity index (χ3n) is 3.31. The summed E-state index contributed by atoms with van der Waals surface area (Å²) in [7, 11) is -3.14. The first-order valence-corrected chi connectivity index (χ1v) is 9.23. The van der Waals surface area contributed by atoms with Crippen molar-refractivity contribution < 1.29 is 23.2 Å². The number of fused-ring (bicyclic) bond motifs is 1. The Bertz CT molecular complexity index is 625. The molecule has 1 aliphatic heterocycles. The Morgan fingerprint density at radius 3 is 2.00 bits per heavy atom. The molecule has 1 aromatic rings. The highest BCUT2D eigenvalue weighted by molar-refractivity contribution is 7.54. The smallest absolute Gasteiger partial charge is 0.309 e. The van der Waals surface area contributed by atoms with Crippen LogP contribution in [0.25, 0.3) is 0 Å². The molecule has 1 aromatic carbocycles. The minimum absolute atomic E-state index is 0.109. The minimum atomic E-state index is -3.14. The Morgan fingerprint density at radius 2 is 1.52 bits per heavy atom. The predicted molar refractivity (Wildman–Crippen MR) is 86.7 cm³/mol. The third kappa shape index (κ3) is 3.96. The summed E-state index contributed by atoms with van der Waals surface area (Å²) in [5, 5.41) is 0. The fraction of sp³-hybridized carbons (Fsp3) is 0.375. The van der Waals surface area contributed by atoms with Crippen molar-refractivity contribution in [2.24, 2.45) is 0 Å². The van der Waals surface area contributed by atoms with Crippen LogP contribution >= 0.6 is 7.60 Å². The number of nitrogens with zero attached hydrogens (tertiary/aromatic N) is 1. The second-order valence-electron chi connectivity index (χ2n) is 4.87. The van der Waals surface area contributed by atoms with Crippen molar-refractivity contribution in [2.75, 3.05) is 25.9 Å². The van der Waals surface area contributed by atoms with Gasteiger partial charge in [0.25, 0.3) is 11.8 Å². The summed E-state index contributed by atoms with van der Waals surface area (Å²) in [6.07, 6.45) is 3.36. The van der Waals surface area contributed by atoms with E-state index in [4.69, 9.17) is 9.05 Å². The molecule has 0 saturated carbocycles. The highest BCUT2D eigenvalue weighted by atomic mass is 31.2. The Morgan fingerprint density at radius 1 is 1.00 bits per heavy atom. The summed E-state index contributed by atoms with van der Waals surface area (Å²) in [4.78, 5) is 25.5. The molecule has 1 aliphatic rings. The topological polar surface area (TPSA) is 72.9 Å². The summed E-state index contributed by atoms with van der Waals surface area (Å²) in [5.74, 6) is -0.624. The highest BCUT2D eigenvalue weighted by Crippen LogP contribution is 2.47. The van der Waals surface area contributed by atoms with Crippen LogP contribution in [-0.2, 0) is 13.6 Å². The first kappa shape index (κ1) is 17.6. The molecule has 0 bridgehead atoms. The molecular formula is C16H20NO5P. The number of carbonyl (C=O) groups is 2. The van der Waals surface area contributed by atoms with Gasteiger partial charge in [-0.25, -0.2) is 0 Å². The van der Waals surface area contributed by atoms with E-state index in [1.165, 1.54) is 0 Å². The van der Waals surface area contributed by atoms with Crippen LogP contribution < -0.4 is 0 Å². The van der Waals surface area contributed by atoms with Crippen LogP contribution in [0.1, 0.15) is 34.6 Å². The first-order chi connectivity index (χ1) is 11.0. The number of hydrogen-bond acceptors (Lipinski definition) is 5. The van der Waals surface area contributed by atoms with Gasteiger partial charge in [-0.05, 0) is 26.0 Å². The molecule has 0 unspecified atom stereocenters. The molecule has 0 aliphatic carbocycles. The van der Waals surface area contributed by atoms with Crippen molar-refractivity contribution in [3.63, 3.8) is 0 Å². The number of rotatable bonds is 8. The maximum Gasteiger partial charge on any atom is 0.334 e. The van der Waals surface area contributed by atoms with Gasteiger partial charge in [0.15, 0.2) is 0 Å². The van der Waals surface area contributed by atoms with Gasteiger partial charge in [0, 0.05) is 6.54 Å². The average molecular weight is 337 g/mol. The van der Waals surface area contributed by atoms with Crippen LogP contribution in [0.5, 0.6) is 0 Å². The lowest BCUT2D eigenvalue weighted by atomic mass is 10.1. The van der Waals surface area contributed by atoms with Crippen molar-refractivity contribution in [3.8, 4) is 0 Å². The normalized spacial score (nSPS) is 14.8. The summed E-state index contributed by atoms with van der Waals surface area (Å²) in [6.45, 7) is 4.21. The van der Waals surface area contributed by atoms with E-state index in [2.05, 4.69) is 0 Å². The molecule has 0 aromatic heterocycles. The zero-order chi connectivity index (χ0) is 16.9. The molecule has 0 atom stereocenters. The van der Waals surface area contributed by atoms with Crippen LogP contribution in [0, 0.1) is 0 Å². The largest absolute Gasteiger partial charge is 0.334 e. The van der Waals surface area contributed by atoms with E-state index < -0.39 is 7.60 Å². The summed E-state index contributed by atoms with van der Waals surface area (Å²) < 4.78 is 22.6. The molecule has 23 heavy (non-hydrogen) atoms. The van der Waals surface area contributed by atoms with E-state index in [1.54, 1.807) is 50.3 Å². The number of allylic oxidation sites excluding steroid dienone is 1. The number of amides is 2. The number of imide groups is 1. The van der Waals surface area contributed by atoms with Gasteiger partial charge >= 0.3 is 7.60 Å². The molecule has 0 fully saturated rings. The Kier molecular flexibility index (Phi) is 5.88. The minimum Gasteiger partial charge on any atom is -0.309 e. The summed E-state index contributed by atoms with van der Waals surface area (Å²) in [6, 6.07) is 6.73. The Labute approximate surface area is 135 Å². The lowest BCUT2D eigenvalue weighted by molar-refractivity contribution is 0.0672. The van der Waals surface area contributed by atoms with Gasteiger partial charge in [0.2, 0.25) is 0 Å². The van der Waals surface area contributed by atoms with Crippen molar-refractivity contribution in [1.29, 1.82) is 0 Å². The number of carbonyl (C=O) groups excluding carboxylic acids is 2. The third-order valence-corrected chi connectivity index (χ3v) is 5.27. The van der Waals surface area contributed by atoms with Gasteiger partial charge in [-0.15, -0.1) is 0 Å². The fourth-order valence-electron chi connectivity index (χ4n) is 2.32. The van der Waals surface area contributed by atoms with Crippen LogP contribution in [0.4, 0.5) is 0 Å². The predicted octanol–water partition coefficient (Wildman–Crippen LogP) is 3.10. The van der Waals surface area contributed by atoms with E-state index in [9.17, 15) is 14.2 Å². The molecule has 0 saturated heterocycles. The maximum atomic E-state index is 12.3. The van der Waals surface area contributed by atoms with Gasteiger partial charge in [0.05, 0.1) is 30.5 Å². The second-order valence-corrected chi connectivity index (χ2v) is 6.97. The molecule has 0 radical (unpaired) electrons. The van der Waals surface area contributed by atoms with Crippen LogP contribution in [0.15, 0.2) is 36.4 Å². The van der Waals surface area contributed by atoms with Gasteiger partial charge in [-0.1, -0.05) is 24.3 Å². The fourth-order valence-corrected chi connectivity index (χ4v) is 3.80. The molecule has 7 heteroatoms. The summed E-state index contributed by atoms with van der Waals surface area (Å²) in [5.41, 5.74) is 0.834. The van der Waals surface area contributed by atoms with Gasteiger partial charge in [-0.3, -0.25) is 19.1 Å². The van der Waals surface area contributed by atoms with E-state index in [0.717, 1.165) is 4.90 Å². The molecule has 124 valence electrons. The first-order valence-electron chi connectivity index (χ1n) is 7.50. The quantitative estimate of drug-likeness (QED) is 0.414.